The molecule has 1 aliphatic rings. The van der Waals surface area contributed by atoms with E-state index in [4.69, 9.17) is 5.73 Å². The molecule has 0 aromatic heterocycles. The molecule has 1 heterocycles. The van der Waals surface area contributed by atoms with E-state index in [1.54, 1.807) is 12.1 Å². The van der Waals surface area contributed by atoms with Gasteiger partial charge in [-0.25, -0.2) is 4.79 Å². The average Bonchev–Trinajstić information content (AvgIpc) is 3.38. The molecule has 3 amide bonds. The molecule has 2 aromatic carbocycles. The molecule has 0 bridgehead atoms. The van der Waals surface area contributed by atoms with Gasteiger partial charge in [0.05, 0.1) is 6.04 Å². The fourth-order valence-corrected chi connectivity index (χ4v) is 4.51. The summed E-state index contributed by atoms with van der Waals surface area (Å²) in [5.41, 5.74) is 7.63. The number of hydrogen-bond acceptors (Lipinski definition) is 7. The van der Waals surface area contributed by atoms with Crippen molar-refractivity contribution in [2.75, 3.05) is 12.3 Å². The summed E-state index contributed by atoms with van der Waals surface area (Å²) in [6.45, 7) is 0.276. The number of phenols is 1. The topological polar surface area (TPSA) is 162 Å². The van der Waals surface area contributed by atoms with Gasteiger partial charge in [0, 0.05) is 18.7 Å². The second kappa shape index (κ2) is 13.1. The lowest BCUT2D eigenvalue weighted by atomic mass is 10.0. The Morgan fingerprint density at radius 3 is 2.19 bits per heavy atom. The van der Waals surface area contributed by atoms with E-state index in [2.05, 4.69) is 23.3 Å². The minimum Gasteiger partial charge on any atom is -0.508 e. The molecule has 4 atom stereocenters. The summed E-state index contributed by atoms with van der Waals surface area (Å²) in [6, 6.07) is 11.4. The smallest absolute Gasteiger partial charge is 0.326 e. The van der Waals surface area contributed by atoms with Crippen molar-refractivity contribution in [2.45, 2.75) is 49.9 Å². The van der Waals surface area contributed by atoms with E-state index in [1.165, 1.54) is 17.0 Å². The van der Waals surface area contributed by atoms with Crippen LogP contribution in [0.1, 0.15) is 24.0 Å². The third-order valence-electron chi connectivity index (χ3n) is 6.26. The number of rotatable bonds is 11. The van der Waals surface area contributed by atoms with Gasteiger partial charge in [0.2, 0.25) is 17.7 Å². The molecule has 1 aliphatic heterocycles. The monoisotopic (exact) mass is 528 g/mol. The zero-order valence-electron chi connectivity index (χ0n) is 20.2. The van der Waals surface area contributed by atoms with Crippen LogP contribution in [0, 0.1) is 0 Å². The predicted octanol–water partition coefficient (Wildman–Crippen LogP) is 0.480. The molecule has 0 radical (unpaired) electrons. The van der Waals surface area contributed by atoms with Crippen LogP contribution in [0.4, 0.5) is 0 Å². The number of phenolic OH excluding ortho intramolecular Hbond substituents is 1. The second-order valence-corrected chi connectivity index (χ2v) is 9.36. The van der Waals surface area contributed by atoms with Crippen LogP contribution in [0.3, 0.4) is 0 Å². The van der Waals surface area contributed by atoms with Crippen molar-refractivity contribution in [3.8, 4) is 5.75 Å². The second-order valence-electron chi connectivity index (χ2n) is 9.00. The lowest BCUT2D eigenvalue weighted by Crippen LogP contribution is -2.58. The summed E-state index contributed by atoms with van der Waals surface area (Å²) in [7, 11) is 0. The molecule has 10 nitrogen and oxygen atoms in total. The summed E-state index contributed by atoms with van der Waals surface area (Å²) in [5, 5.41) is 24.3. The maximum atomic E-state index is 13.3. The van der Waals surface area contributed by atoms with Gasteiger partial charge in [-0.1, -0.05) is 42.5 Å². The number of carboxylic acid groups (broad SMARTS) is 1. The number of amides is 3. The van der Waals surface area contributed by atoms with Crippen molar-refractivity contribution >= 4 is 36.3 Å². The minimum absolute atomic E-state index is 0.0537. The summed E-state index contributed by atoms with van der Waals surface area (Å²) >= 11 is 4.20. The first-order valence-electron chi connectivity index (χ1n) is 12.0. The molecule has 0 saturated carbocycles. The number of aromatic hydroxyl groups is 1. The standard InChI is InChI=1S/C26H32N4O6S/c27-19(13-16-5-2-1-3-6-16)23(32)28-20(14-17-8-10-18(31)11-9-17)24(33)29-21(15-37)25(34)30-12-4-7-22(30)26(35)36/h1-3,5-6,8-11,19-22,31,37H,4,7,12-15,27H2,(H,28,32)(H,29,33)(H,35,36). The normalized spacial score (nSPS) is 17.5. The Bertz CT molecular complexity index is 1100. The van der Waals surface area contributed by atoms with Crippen molar-refractivity contribution in [3.05, 3.63) is 65.7 Å². The Morgan fingerprint density at radius 2 is 1.57 bits per heavy atom. The lowest BCUT2D eigenvalue weighted by molar-refractivity contribution is -0.149. The van der Waals surface area contributed by atoms with Gasteiger partial charge in [0.1, 0.15) is 23.9 Å². The average molecular weight is 529 g/mol. The quantitative estimate of drug-likeness (QED) is 0.231. The fourth-order valence-electron chi connectivity index (χ4n) is 4.26. The summed E-state index contributed by atoms with van der Waals surface area (Å²) in [6.07, 6.45) is 1.23. The van der Waals surface area contributed by atoms with Gasteiger partial charge in [-0.05, 0) is 42.5 Å². The highest BCUT2D eigenvalue weighted by Gasteiger charge is 2.38. The maximum absolute atomic E-state index is 13.3. The van der Waals surface area contributed by atoms with Crippen molar-refractivity contribution in [3.63, 3.8) is 0 Å². The van der Waals surface area contributed by atoms with Crippen LogP contribution in [-0.2, 0) is 32.0 Å². The molecule has 3 rings (SSSR count). The van der Waals surface area contributed by atoms with Crippen molar-refractivity contribution in [1.29, 1.82) is 0 Å². The number of nitrogens with one attached hydrogen (secondary N) is 2. The van der Waals surface area contributed by atoms with E-state index in [0.29, 0.717) is 18.4 Å². The van der Waals surface area contributed by atoms with E-state index < -0.39 is 47.9 Å². The largest absolute Gasteiger partial charge is 0.508 e. The van der Waals surface area contributed by atoms with E-state index in [-0.39, 0.29) is 30.9 Å². The van der Waals surface area contributed by atoms with Crippen LogP contribution >= 0.6 is 12.6 Å². The van der Waals surface area contributed by atoms with Gasteiger partial charge < -0.3 is 31.5 Å². The molecule has 0 spiro atoms. The maximum Gasteiger partial charge on any atom is 0.326 e. The Labute approximate surface area is 220 Å². The van der Waals surface area contributed by atoms with Crippen molar-refractivity contribution in [1.82, 2.24) is 15.5 Å². The zero-order chi connectivity index (χ0) is 26.9. The number of nitrogens with two attached hydrogens (primary N) is 1. The summed E-state index contributed by atoms with van der Waals surface area (Å²) in [5.74, 6) is -2.81. The number of carbonyl (C=O) groups is 4. The molecule has 198 valence electrons. The molecule has 2 aromatic rings. The first kappa shape index (κ1) is 28.0. The summed E-state index contributed by atoms with van der Waals surface area (Å²) < 4.78 is 0. The van der Waals surface area contributed by atoms with Crippen LogP contribution in [0.25, 0.3) is 0 Å². The number of benzene rings is 2. The number of likely N-dealkylation sites (tertiary alicyclic amines) is 1. The predicted molar refractivity (Wildman–Crippen MR) is 140 cm³/mol. The van der Waals surface area contributed by atoms with Crippen LogP contribution < -0.4 is 16.4 Å². The molecule has 4 unspecified atom stereocenters. The molecule has 0 aliphatic carbocycles. The SMILES string of the molecule is NC(Cc1ccccc1)C(=O)NC(Cc1ccc(O)cc1)C(=O)NC(CS)C(=O)N1CCCC1C(=O)O. The number of carboxylic acids is 1. The number of aliphatic carboxylic acids is 1. The van der Waals surface area contributed by atoms with Crippen LogP contribution in [0.15, 0.2) is 54.6 Å². The molecule has 37 heavy (non-hydrogen) atoms. The highest BCUT2D eigenvalue weighted by atomic mass is 32.1. The van der Waals surface area contributed by atoms with E-state index in [9.17, 15) is 29.4 Å². The number of carbonyl (C=O) groups excluding carboxylic acids is 3. The number of thiol groups is 1. The minimum atomic E-state index is -1.10. The molecule has 1 fully saturated rings. The van der Waals surface area contributed by atoms with Gasteiger partial charge in [-0.3, -0.25) is 14.4 Å². The molecular weight excluding hydrogens is 496 g/mol. The third-order valence-corrected chi connectivity index (χ3v) is 6.63. The van der Waals surface area contributed by atoms with Gasteiger partial charge in [-0.2, -0.15) is 12.6 Å². The number of nitrogens with zero attached hydrogens (tertiary/aromatic N) is 1. The van der Waals surface area contributed by atoms with Crippen LogP contribution in [0.5, 0.6) is 5.75 Å². The van der Waals surface area contributed by atoms with Crippen LogP contribution in [0.2, 0.25) is 0 Å². The van der Waals surface area contributed by atoms with Crippen LogP contribution in [-0.4, -0.2) is 75.3 Å². The van der Waals surface area contributed by atoms with Crippen molar-refractivity contribution in [2.24, 2.45) is 5.73 Å². The Hall–Kier alpha value is -3.57. The Balaban J connectivity index is 1.74. The first-order chi connectivity index (χ1) is 17.7. The molecular formula is C26H32N4O6S. The Morgan fingerprint density at radius 1 is 0.946 bits per heavy atom. The third kappa shape index (κ3) is 7.70. The Kier molecular flexibility index (Phi) is 9.93. The van der Waals surface area contributed by atoms with E-state index in [0.717, 1.165) is 5.56 Å². The number of hydrogen-bond donors (Lipinski definition) is 6. The lowest BCUT2D eigenvalue weighted by Gasteiger charge is -2.28. The van der Waals surface area contributed by atoms with Gasteiger partial charge in [0.15, 0.2) is 0 Å². The summed E-state index contributed by atoms with van der Waals surface area (Å²) in [4.78, 5) is 52.0. The molecule has 11 heteroatoms. The van der Waals surface area contributed by atoms with Crippen molar-refractivity contribution < 1.29 is 29.4 Å². The fraction of sp³-hybridized carbons (Fsp3) is 0.385. The highest BCUT2D eigenvalue weighted by Crippen LogP contribution is 2.19. The van der Waals surface area contributed by atoms with E-state index >= 15 is 0 Å². The van der Waals surface area contributed by atoms with Gasteiger partial charge in [0.25, 0.3) is 0 Å². The zero-order valence-corrected chi connectivity index (χ0v) is 21.1. The van der Waals surface area contributed by atoms with Gasteiger partial charge in [-0.15, -0.1) is 0 Å². The van der Waals surface area contributed by atoms with E-state index in [1.807, 2.05) is 30.3 Å². The first-order valence-corrected chi connectivity index (χ1v) is 12.6. The molecule has 6 N–H and O–H groups in total. The highest BCUT2D eigenvalue weighted by molar-refractivity contribution is 7.80. The molecule has 1 saturated heterocycles. The van der Waals surface area contributed by atoms with Gasteiger partial charge >= 0.3 is 5.97 Å².